The third-order valence-electron chi connectivity index (χ3n) is 3.56. The zero-order valence-corrected chi connectivity index (χ0v) is 12.7. The first-order valence-corrected chi connectivity index (χ1v) is 7.50. The highest BCUT2D eigenvalue weighted by atomic mass is 16.2. The lowest BCUT2D eigenvalue weighted by Gasteiger charge is -2.26. The fourth-order valence-corrected chi connectivity index (χ4v) is 2.41. The molecule has 1 saturated heterocycles. The van der Waals surface area contributed by atoms with Crippen molar-refractivity contribution < 1.29 is 14.4 Å². The third kappa shape index (κ3) is 4.58. The van der Waals surface area contributed by atoms with E-state index in [9.17, 15) is 14.4 Å². The monoisotopic (exact) mass is 303 g/mol. The molecule has 0 atom stereocenters. The summed E-state index contributed by atoms with van der Waals surface area (Å²) in [6, 6.07) is 6.69. The first kappa shape index (κ1) is 16.0. The Kier molecular flexibility index (Phi) is 5.52. The molecule has 0 spiro atoms. The zero-order valence-electron chi connectivity index (χ0n) is 12.7. The number of amides is 3. The van der Waals surface area contributed by atoms with Gasteiger partial charge in [0.15, 0.2) is 0 Å². The smallest absolute Gasteiger partial charge is 0.251 e. The Morgan fingerprint density at radius 2 is 1.91 bits per heavy atom. The summed E-state index contributed by atoms with van der Waals surface area (Å²) in [4.78, 5) is 36.4. The van der Waals surface area contributed by atoms with Crippen molar-refractivity contribution in [3.8, 4) is 0 Å². The Bertz CT molecular complexity index is 554. The quantitative estimate of drug-likeness (QED) is 0.862. The van der Waals surface area contributed by atoms with Crippen LogP contribution in [0.2, 0.25) is 0 Å². The summed E-state index contributed by atoms with van der Waals surface area (Å²) in [5, 5.41) is 5.45. The minimum Gasteiger partial charge on any atom is -0.350 e. The number of hydrogen-bond donors (Lipinski definition) is 2. The van der Waals surface area contributed by atoms with Crippen molar-refractivity contribution >= 4 is 23.4 Å². The molecule has 1 aromatic carbocycles. The number of hydrogen-bond acceptors (Lipinski definition) is 3. The fourth-order valence-electron chi connectivity index (χ4n) is 2.41. The van der Waals surface area contributed by atoms with E-state index in [0.717, 1.165) is 19.4 Å². The summed E-state index contributed by atoms with van der Waals surface area (Å²) in [6.45, 7) is 3.20. The van der Waals surface area contributed by atoms with Crippen LogP contribution in [-0.2, 0) is 9.59 Å². The van der Waals surface area contributed by atoms with Gasteiger partial charge in [0.1, 0.15) is 0 Å². The second-order valence-corrected chi connectivity index (χ2v) is 5.35. The van der Waals surface area contributed by atoms with Crippen molar-refractivity contribution in [3.63, 3.8) is 0 Å². The minimum absolute atomic E-state index is 0.150. The van der Waals surface area contributed by atoms with E-state index in [1.54, 1.807) is 29.2 Å². The molecule has 0 aliphatic carbocycles. The van der Waals surface area contributed by atoms with Gasteiger partial charge < -0.3 is 15.5 Å². The molecule has 0 bridgehead atoms. The SMILES string of the molecule is CC(=O)Nc1ccc(C(=O)NCCN2CCCCC2=O)cc1. The zero-order chi connectivity index (χ0) is 15.9. The van der Waals surface area contributed by atoms with Crippen LogP contribution in [0.25, 0.3) is 0 Å². The highest BCUT2D eigenvalue weighted by Gasteiger charge is 2.17. The number of rotatable bonds is 5. The molecule has 2 rings (SSSR count). The predicted octanol–water partition coefficient (Wildman–Crippen LogP) is 1.39. The van der Waals surface area contributed by atoms with E-state index in [2.05, 4.69) is 10.6 Å². The van der Waals surface area contributed by atoms with Crippen molar-refractivity contribution in [2.24, 2.45) is 0 Å². The van der Waals surface area contributed by atoms with Gasteiger partial charge in [0.2, 0.25) is 11.8 Å². The Morgan fingerprint density at radius 1 is 1.18 bits per heavy atom. The lowest BCUT2D eigenvalue weighted by molar-refractivity contribution is -0.133. The average molecular weight is 303 g/mol. The molecule has 2 N–H and O–H groups in total. The summed E-state index contributed by atoms with van der Waals surface area (Å²) < 4.78 is 0. The predicted molar refractivity (Wildman–Crippen MR) is 83.5 cm³/mol. The fraction of sp³-hybridized carbons (Fsp3) is 0.438. The first-order chi connectivity index (χ1) is 10.6. The Morgan fingerprint density at radius 3 is 2.55 bits per heavy atom. The Balaban J connectivity index is 1.79. The number of nitrogens with one attached hydrogen (secondary N) is 2. The number of carbonyl (C=O) groups excluding carboxylic acids is 3. The number of carbonyl (C=O) groups is 3. The van der Waals surface area contributed by atoms with Crippen LogP contribution in [0.1, 0.15) is 36.5 Å². The van der Waals surface area contributed by atoms with Crippen LogP contribution in [0.4, 0.5) is 5.69 Å². The molecule has 1 fully saturated rings. The van der Waals surface area contributed by atoms with E-state index in [1.807, 2.05) is 0 Å². The second-order valence-electron chi connectivity index (χ2n) is 5.35. The maximum atomic E-state index is 12.0. The molecule has 1 aromatic rings. The largest absolute Gasteiger partial charge is 0.350 e. The molecule has 1 aliphatic rings. The molecule has 6 nitrogen and oxygen atoms in total. The minimum atomic E-state index is -0.182. The molecule has 6 heteroatoms. The van der Waals surface area contributed by atoms with Gasteiger partial charge in [-0.25, -0.2) is 0 Å². The molecule has 3 amide bonds. The molecule has 1 aliphatic heterocycles. The molecule has 0 aromatic heterocycles. The van der Waals surface area contributed by atoms with Gasteiger partial charge in [-0.2, -0.15) is 0 Å². The van der Waals surface area contributed by atoms with Crippen molar-refractivity contribution in [1.29, 1.82) is 0 Å². The van der Waals surface area contributed by atoms with E-state index in [1.165, 1.54) is 6.92 Å². The van der Waals surface area contributed by atoms with Crippen LogP contribution < -0.4 is 10.6 Å². The van der Waals surface area contributed by atoms with Crippen LogP contribution in [-0.4, -0.2) is 42.3 Å². The van der Waals surface area contributed by atoms with E-state index in [0.29, 0.717) is 30.8 Å². The number of nitrogens with zero attached hydrogens (tertiary/aromatic N) is 1. The van der Waals surface area contributed by atoms with Crippen LogP contribution in [0.15, 0.2) is 24.3 Å². The molecule has 1 heterocycles. The molecule has 0 unspecified atom stereocenters. The van der Waals surface area contributed by atoms with Crippen molar-refractivity contribution in [1.82, 2.24) is 10.2 Å². The number of benzene rings is 1. The maximum absolute atomic E-state index is 12.0. The lowest BCUT2D eigenvalue weighted by Crippen LogP contribution is -2.41. The van der Waals surface area contributed by atoms with Gasteiger partial charge in [-0.1, -0.05) is 0 Å². The normalized spacial score (nSPS) is 14.6. The summed E-state index contributed by atoms with van der Waals surface area (Å²) >= 11 is 0. The van der Waals surface area contributed by atoms with Crippen LogP contribution >= 0.6 is 0 Å². The molecule has 0 radical (unpaired) electrons. The number of anilines is 1. The van der Waals surface area contributed by atoms with Crippen molar-refractivity contribution in [3.05, 3.63) is 29.8 Å². The maximum Gasteiger partial charge on any atom is 0.251 e. The third-order valence-corrected chi connectivity index (χ3v) is 3.56. The Hall–Kier alpha value is -2.37. The van der Waals surface area contributed by atoms with Crippen LogP contribution in [0.5, 0.6) is 0 Å². The first-order valence-electron chi connectivity index (χ1n) is 7.50. The average Bonchev–Trinajstić information content (AvgIpc) is 2.49. The topological polar surface area (TPSA) is 78.5 Å². The lowest BCUT2D eigenvalue weighted by atomic mass is 10.1. The summed E-state index contributed by atoms with van der Waals surface area (Å²) in [5.41, 5.74) is 1.18. The number of piperidine rings is 1. The van der Waals surface area contributed by atoms with Crippen LogP contribution in [0, 0.1) is 0 Å². The standard InChI is InChI=1S/C16H21N3O3/c1-12(20)18-14-7-5-13(6-8-14)16(22)17-9-11-19-10-3-2-4-15(19)21/h5-8H,2-4,9-11H2,1H3,(H,17,22)(H,18,20). The van der Waals surface area contributed by atoms with Gasteiger partial charge in [-0.15, -0.1) is 0 Å². The molecular formula is C16H21N3O3. The van der Waals surface area contributed by atoms with Gasteiger partial charge in [-0.05, 0) is 37.1 Å². The highest BCUT2D eigenvalue weighted by molar-refractivity contribution is 5.95. The van der Waals surface area contributed by atoms with Crippen molar-refractivity contribution in [2.45, 2.75) is 26.2 Å². The summed E-state index contributed by atoms with van der Waals surface area (Å²) in [5.74, 6) is -0.164. The second kappa shape index (κ2) is 7.59. The van der Waals surface area contributed by atoms with Gasteiger partial charge >= 0.3 is 0 Å². The van der Waals surface area contributed by atoms with Gasteiger partial charge in [0.25, 0.3) is 5.91 Å². The van der Waals surface area contributed by atoms with E-state index >= 15 is 0 Å². The molecule has 118 valence electrons. The van der Waals surface area contributed by atoms with Crippen LogP contribution in [0.3, 0.4) is 0 Å². The molecule has 0 saturated carbocycles. The van der Waals surface area contributed by atoms with E-state index in [4.69, 9.17) is 0 Å². The van der Waals surface area contributed by atoms with Gasteiger partial charge in [0, 0.05) is 44.2 Å². The van der Waals surface area contributed by atoms with Gasteiger partial charge in [-0.3, -0.25) is 14.4 Å². The van der Waals surface area contributed by atoms with Gasteiger partial charge in [0.05, 0.1) is 0 Å². The highest BCUT2D eigenvalue weighted by Crippen LogP contribution is 2.10. The van der Waals surface area contributed by atoms with E-state index < -0.39 is 0 Å². The summed E-state index contributed by atoms with van der Waals surface area (Å²) in [7, 11) is 0. The number of likely N-dealkylation sites (tertiary alicyclic amines) is 1. The summed E-state index contributed by atoms with van der Waals surface area (Å²) in [6.07, 6.45) is 2.60. The van der Waals surface area contributed by atoms with Crippen molar-refractivity contribution in [2.75, 3.05) is 25.0 Å². The molecular weight excluding hydrogens is 282 g/mol. The Labute approximate surface area is 129 Å². The molecule has 22 heavy (non-hydrogen) atoms. The van der Waals surface area contributed by atoms with E-state index in [-0.39, 0.29) is 17.7 Å².